The first-order valence-electron chi connectivity index (χ1n) is 7.88. The van der Waals surface area contributed by atoms with Gasteiger partial charge in [-0.1, -0.05) is 19.1 Å². The Kier molecular flexibility index (Phi) is 5.91. The molecule has 0 spiro atoms. The monoisotopic (exact) mass is 309 g/mol. The number of benzene rings is 1. The second-order valence-corrected chi connectivity index (χ2v) is 5.81. The van der Waals surface area contributed by atoms with Crippen LogP contribution in [0.5, 0.6) is 0 Å². The van der Waals surface area contributed by atoms with Crippen LogP contribution in [0.3, 0.4) is 0 Å². The average Bonchev–Trinajstić information content (AvgIpc) is 2.55. The summed E-state index contributed by atoms with van der Waals surface area (Å²) in [5, 5.41) is 12.5. The van der Waals surface area contributed by atoms with Gasteiger partial charge in [0.2, 0.25) is 5.91 Å². The molecule has 1 heterocycles. The minimum atomic E-state index is -0.739. The van der Waals surface area contributed by atoms with Gasteiger partial charge in [-0.15, -0.1) is 0 Å². The molecule has 0 aromatic heterocycles. The van der Waals surface area contributed by atoms with Crippen molar-refractivity contribution in [3.63, 3.8) is 0 Å². The summed E-state index contributed by atoms with van der Waals surface area (Å²) in [7, 11) is 0. The summed E-state index contributed by atoms with van der Waals surface area (Å²) in [4.78, 5) is 12.7. The quantitative estimate of drug-likeness (QED) is 0.846. The first kappa shape index (κ1) is 16.9. The maximum atomic E-state index is 13.6. The Morgan fingerprint density at radius 1 is 1.45 bits per heavy atom. The van der Waals surface area contributed by atoms with Gasteiger partial charge in [0.25, 0.3) is 0 Å². The maximum absolute atomic E-state index is 13.6. The van der Waals surface area contributed by atoms with E-state index in [1.54, 1.807) is 12.1 Å². The molecule has 1 aromatic rings. The molecular formula is C17H24FNO3. The predicted octanol–water partition coefficient (Wildman–Crippen LogP) is 2.15. The van der Waals surface area contributed by atoms with Crippen LogP contribution in [0.1, 0.15) is 38.2 Å². The minimum Gasteiger partial charge on any atom is -0.393 e. The fourth-order valence-corrected chi connectivity index (χ4v) is 2.88. The molecule has 2 N–H and O–H groups in total. The molecule has 122 valence electrons. The lowest BCUT2D eigenvalue weighted by molar-refractivity contribution is -0.130. The molecule has 0 bridgehead atoms. The lowest BCUT2D eigenvalue weighted by atomic mass is 9.73. The van der Waals surface area contributed by atoms with E-state index in [-0.39, 0.29) is 11.7 Å². The van der Waals surface area contributed by atoms with Crippen LogP contribution in [0.15, 0.2) is 24.3 Å². The second kappa shape index (κ2) is 7.70. The van der Waals surface area contributed by atoms with Gasteiger partial charge in [0.05, 0.1) is 11.5 Å². The third-order valence-electron chi connectivity index (χ3n) is 4.39. The molecule has 0 radical (unpaired) electrons. The number of nitrogens with one attached hydrogen (secondary N) is 1. The number of amides is 1. The summed E-state index contributed by atoms with van der Waals surface area (Å²) in [6, 6.07) is 6.25. The van der Waals surface area contributed by atoms with Gasteiger partial charge in [0.1, 0.15) is 5.82 Å². The van der Waals surface area contributed by atoms with Crippen LogP contribution in [-0.4, -0.2) is 36.9 Å². The number of ether oxygens (including phenoxy) is 1. The van der Waals surface area contributed by atoms with Gasteiger partial charge in [0.15, 0.2) is 0 Å². The van der Waals surface area contributed by atoms with Crippen molar-refractivity contribution < 1.29 is 19.0 Å². The molecule has 4 nitrogen and oxygen atoms in total. The van der Waals surface area contributed by atoms with E-state index in [4.69, 9.17) is 4.74 Å². The van der Waals surface area contributed by atoms with Crippen LogP contribution in [-0.2, 0) is 14.9 Å². The molecule has 1 saturated heterocycles. The van der Waals surface area contributed by atoms with E-state index >= 15 is 0 Å². The fourth-order valence-electron chi connectivity index (χ4n) is 2.88. The molecule has 5 heteroatoms. The number of carbonyl (C=O) groups excluding carboxylic acids is 1. The highest BCUT2D eigenvalue weighted by molar-refractivity contribution is 5.88. The predicted molar refractivity (Wildman–Crippen MR) is 82.1 cm³/mol. The topological polar surface area (TPSA) is 58.6 Å². The summed E-state index contributed by atoms with van der Waals surface area (Å²) in [6.07, 6.45) is 1.87. The Labute approximate surface area is 130 Å². The lowest BCUT2D eigenvalue weighted by Crippen LogP contribution is -2.48. The third kappa shape index (κ3) is 3.84. The van der Waals surface area contributed by atoms with Gasteiger partial charge in [-0.25, -0.2) is 4.39 Å². The van der Waals surface area contributed by atoms with Crippen molar-refractivity contribution in [1.82, 2.24) is 5.32 Å². The second-order valence-electron chi connectivity index (χ2n) is 5.81. The molecule has 1 aliphatic heterocycles. The zero-order chi connectivity index (χ0) is 16.0. The van der Waals surface area contributed by atoms with Crippen molar-refractivity contribution in [3.8, 4) is 0 Å². The number of halogens is 1. The van der Waals surface area contributed by atoms with Crippen LogP contribution in [0.2, 0.25) is 0 Å². The Bertz CT molecular complexity index is 500. The largest absolute Gasteiger partial charge is 0.393 e. The van der Waals surface area contributed by atoms with E-state index in [1.165, 1.54) is 12.1 Å². The average molecular weight is 309 g/mol. The van der Waals surface area contributed by atoms with Crippen molar-refractivity contribution in [3.05, 3.63) is 35.6 Å². The molecular weight excluding hydrogens is 285 g/mol. The molecule has 22 heavy (non-hydrogen) atoms. The van der Waals surface area contributed by atoms with Crippen molar-refractivity contribution >= 4 is 5.91 Å². The van der Waals surface area contributed by atoms with E-state index < -0.39 is 11.5 Å². The summed E-state index contributed by atoms with van der Waals surface area (Å²) in [5.74, 6) is -0.442. The van der Waals surface area contributed by atoms with Gasteiger partial charge in [-0.05, 0) is 43.4 Å². The van der Waals surface area contributed by atoms with E-state index in [0.717, 1.165) is 0 Å². The normalized spacial score (nSPS) is 18.7. The Hall–Kier alpha value is -1.46. The van der Waals surface area contributed by atoms with Crippen molar-refractivity contribution in [2.45, 2.75) is 44.1 Å². The summed E-state index contributed by atoms with van der Waals surface area (Å²) in [6.45, 7) is 3.30. The molecule has 0 saturated carbocycles. The van der Waals surface area contributed by atoms with Gasteiger partial charge in [-0.2, -0.15) is 0 Å². The van der Waals surface area contributed by atoms with Crippen molar-refractivity contribution in [1.29, 1.82) is 0 Å². The van der Waals surface area contributed by atoms with Crippen LogP contribution >= 0.6 is 0 Å². The lowest BCUT2D eigenvalue weighted by Gasteiger charge is -2.36. The summed E-state index contributed by atoms with van der Waals surface area (Å²) >= 11 is 0. The van der Waals surface area contributed by atoms with E-state index in [1.807, 2.05) is 6.92 Å². The Morgan fingerprint density at radius 2 is 2.18 bits per heavy atom. The summed E-state index contributed by atoms with van der Waals surface area (Å²) in [5.41, 5.74) is -0.0401. The molecule has 0 aliphatic carbocycles. The number of hydrogen-bond donors (Lipinski definition) is 2. The minimum absolute atomic E-state index is 0.107. The number of rotatable bonds is 6. The number of aliphatic hydroxyl groups excluding tert-OH is 1. The first-order valence-corrected chi connectivity index (χ1v) is 7.88. The van der Waals surface area contributed by atoms with Crippen molar-refractivity contribution in [2.24, 2.45) is 0 Å². The molecule has 1 atom stereocenters. The van der Waals surface area contributed by atoms with Crippen LogP contribution in [0.4, 0.5) is 4.39 Å². The third-order valence-corrected chi connectivity index (χ3v) is 4.39. The fraction of sp³-hybridized carbons (Fsp3) is 0.588. The maximum Gasteiger partial charge on any atom is 0.230 e. The van der Waals surface area contributed by atoms with Crippen LogP contribution in [0.25, 0.3) is 0 Å². The molecule has 1 aliphatic rings. The number of hydrogen-bond acceptors (Lipinski definition) is 3. The zero-order valence-corrected chi connectivity index (χ0v) is 13.0. The van der Waals surface area contributed by atoms with Crippen LogP contribution in [0, 0.1) is 5.82 Å². The Morgan fingerprint density at radius 3 is 2.82 bits per heavy atom. The highest BCUT2D eigenvalue weighted by Crippen LogP contribution is 2.35. The van der Waals surface area contributed by atoms with Crippen molar-refractivity contribution in [2.75, 3.05) is 19.8 Å². The van der Waals surface area contributed by atoms with Gasteiger partial charge in [0, 0.05) is 19.8 Å². The molecule has 1 unspecified atom stereocenters. The number of aliphatic hydroxyl groups is 1. The van der Waals surface area contributed by atoms with Crippen LogP contribution < -0.4 is 5.32 Å². The highest BCUT2D eigenvalue weighted by atomic mass is 19.1. The molecule has 1 fully saturated rings. The first-order chi connectivity index (χ1) is 10.6. The van der Waals surface area contributed by atoms with E-state index in [0.29, 0.717) is 51.0 Å². The van der Waals surface area contributed by atoms with Gasteiger partial charge >= 0.3 is 0 Å². The molecule has 2 rings (SSSR count). The summed E-state index contributed by atoms with van der Waals surface area (Å²) < 4.78 is 18.9. The molecule has 1 amide bonds. The highest BCUT2D eigenvalue weighted by Gasteiger charge is 2.41. The number of carbonyl (C=O) groups is 1. The van der Waals surface area contributed by atoms with E-state index in [9.17, 15) is 14.3 Å². The Balaban J connectivity index is 2.13. The SMILES string of the molecule is CCC(O)CCNC(=O)C1(c2cccc(F)c2)CCOCC1. The smallest absolute Gasteiger partial charge is 0.230 e. The van der Waals surface area contributed by atoms with Gasteiger partial charge < -0.3 is 15.2 Å². The van der Waals surface area contributed by atoms with Gasteiger partial charge in [-0.3, -0.25) is 4.79 Å². The van der Waals surface area contributed by atoms with E-state index in [2.05, 4.69) is 5.32 Å². The standard InChI is InChI=1S/C17H24FNO3/c1-2-15(20)6-9-19-16(21)17(7-10-22-11-8-17)13-4-3-5-14(18)12-13/h3-5,12,15,20H,2,6-11H2,1H3,(H,19,21). The molecule has 1 aromatic carbocycles. The zero-order valence-electron chi connectivity index (χ0n) is 13.0.